The van der Waals surface area contributed by atoms with Gasteiger partial charge in [-0.25, -0.2) is 0 Å². The van der Waals surface area contributed by atoms with E-state index in [0.717, 1.165) is 12.1 Å². The first-order valence-corrected chi connectivity index (χ1v) is 9.84. The van der Waals surface area contributed by atoms with Gasteiger partial charge in [-0.05, 0) is 24.5 Å². The fraction of sp³-hybridized carbons (Fsp3) is 0.292. The molecule has 1 atom stereocenters. The maximum Gasteiger partial charge on any atom is 0.222 e. The van der Waals surface area contributed by atoms with Crippen LogP contribution in [0.4, 0.5) is 0 Å². The van der Waals surface area contributed by atoms with Gasteiger partial charge in [0, 0.05) is 49.4 Å². The molecule has 1 saturated heterocycles. The minimum absolute atomic E-state index is 0.0660. The van der Waals surface area contributed by atoms with Crippen LogP contribution in [0.5, 0.6) is 0 Å². The van der Waals surface area contributed by atoms with Crippen LogP contribution in [0.25, 0.3) is 0 Å². The Kier molecular flexibility index (Phi) is 5.20. The van der Waals surface area contributed by atoms with Gasteiger partial charge in [-0.1, -0.05) is 60.7 Å². The van der Waals surface area contributed by atoms with Gasteiger partial charge in [0.05, 0.1) is 5.69 Å². The second-order valence-electron chi connectivity index (χ2n) is 7.59. The first-order chi connectivity index (χ1) is 13.7. The highest BCUT2D eigenvalue weighted by Gasteiger charge is 2.42. The molecule has 1 fully saturated rings. The van der Waals surface area contributed by atoms with Crippen LogP contribution in [0.1, 0.15) is 36.6 Å². The lowest BCUT2D eigenvalue weighted by Gasteiger charge is -2.45. The van der Waals surface area contributed by atoms with Crippen LogP contribution in [0, 0.1) is 0 Å². The molecule has 4 nitrogen and oxygen atoms in total. The van der Waals surface area contributed by atoms with Crippen molar-refractivity contribution in [2.24, 2.45) is 0 Å². The van der Waals surface area contributed by atoms with Crippen LogP contribution < -0.4 is 0 Å². The summed E-state index contributed by atoms with van der Waals surface area (Å²) < 4.78 is 0. The van der Waals surface area contributed by atoms with E-state index in [1.165, 1.54) is 11.1 Å². The van der Waals surface area contributed by atoms with Crippen molar-refractivity contribution in [3.05, 3.63) is 96.1 Å². The number of carbonyl (C=O) groups excluding carboxylic acids is 1. The van der Waals surface area contributed by atoms with E-state index in [2.05, 4.69) is 65.4 Å². The van der Waals surface area contributed by atoms with Crippen molar-refractivity contribution in [1.29, 1.82) is 0 Å². The molecule has 1 aliphatic rings. The third-order valence-corrected chi connectivity index (χ3v) is 5.83. The minimum Gasteiger partial charge on any atom is -0.338 e. The molecule has 0 radical (unpaired) electrons. The SMILES string of the molecule is CC(Cc1cnccn1)N1CC(c2ccccc2)(c2ccccc2)CCC1=O. The Bertz CT molecular complexity index is 873. The summed E-state index contributed by atoms with van der Waals surface area (Å²) in [5.41, 5.74) is 3.27. The molecule has 2 aromatic carbocycles. The zero-order valence-corrected chi connectivity index (χ0v) is 16.2. The van der Waals surface area contributed by atoms with Crippen LogP contribution in [0.15, 0.2) is 79.3 Å². The number of nitrogens with zero attached hydrogens (tertiary/aromatic N) is 3. The summed E-state index contributed by atoms with van der Waals surface area (Å²) in [5.74, 6) is 0.221. The van der Waals surface area contributed by atoms with E-state index in [9.17, 15) is 4.79 Å². The normalized spacial score (nSPS) is 17.3. The molecule has 3 aromatic rings. The molecule has 1 amide bonds. The number of carbonyl (C=O) groups is 1. The summed E-state index contributed by atoms with van der Waals surface area (Å²) in [6, 6.07) is 21.3. The number of hydrogen-bond donors (Lipinski definition) is 0. The number of amides is 1. The third-order valence-electron chi connectivity index (χ3n) is 5.83. The predicted molar refractivity (Wildman–Crippen MR) is 110 cm³/mol. The topological polar surface area (TPSA) is 46.1 Å². The fourth-order valence-electron chi connectivity index (χ4n) is 4.32. The molecule has 1 aromatic heterocycles. The molecule has 0 spiro atoms. The zero-order chi connectivity index (χ0) is 19.4. The monoisotopic (exact) mass is 371 g/mol. The number of benzene rings is 2. The number of hydrogen-bond acceptors (Lipinski definition) is 3. The summed E-state index contributed by atoms with van der Waals surface area (Å²) in [6.07, 6.45) is 7.25. The molecule has 0 N–H and O–H groups in total. The zero-order valence-electron chi connectivity index (χ0n) is 16.2. The van der Waals surface area contributed by atoms with E-state index in [0.29, 0.717) is 19.4 Å². The maximum atomic E-state index is 12.9. The lowest BCUT2D eigenvalue weighted by Crippen LogP contribution is -2.53. The van der Waals surface area contributed by atoms with Gasteiger partial charge < -0.3 is 4.90 Å². The number of piperidine rings is 1. The van der Waals surface area contributed by atoms with Crippen LogP contribution in [0.2, 0.25) is 0 Å². The second kappa shape index (κ2) is 7.93. The molecular formula is C24H25N3O. The Morgan fingerprint density at radius 2 is 1.64 bits per heavy atom. The van der Waals surface area contributed by atoms with E-state index in [-0.39, 0.29) is 17.4 Å². The van der Waals surface area contributed by atoms with E-state index < -0.39 is 0 Å². The summed E-state index contributed by atoms with van der Waals surface area (Å²) in [5, 5.41) is 0. The van der Waals surface area contributed by atoms with Gasteiger partial charge in [0.25, 0.3) is 0 Å². The molecule has 4 rings (SSSR count). The summed E-state index contributed by atoms with van der Waals surface area (Å²) >= 11 is 0. The standard InChI is InChI=1S/C24H25N3O/c1-19(16-22-17-25-14-15-26-22)27-18-24(13-12-23(27)28,20-8-4-2-5-9-20)21-10-6-3-7-11-21/h2-11,14-15,17,19H,12-13,16,18H2,1H3. The van der Waals surface area contributed by atoms with Crippen molar-refractivity contribution < 1.29 is 4.79 Å². The van der Waals surface area contributed by atoms with Crippen molar-refractivity contribution >= 4 is 5.91 Å². The highest BCUT2D eigenvalue weighted by atomic mass is 16.2. The van der Waals surface area contributed by atoms with Crippen LogP contribution in [-0.2, 0) is 16.6 Å². The van der Waals surface area contributed by atoms with E-state index in [1.807, 2.05) is 17.0 Å². The highest BCUT2D eigenvalue weighted by molar-refractivity contribution is 5.78. The van der Waals surface area contributed by atoms with Gasteiger partial charge in [0.1, 0.15) is 0 Å². The van der Waals surface area contributed by atoms with Gasteiger partial charge in [0.2, 0.25) is 5.91 Å². The summed E-state index contributed by atoms with van der Waals surface area (Å²) in [4.78, 5) is 23.5. The summed E-state index contributed by atoms with van der Waals surface area (Å²) in [6.45, 7) is 2.79. The van der Waals surface area contributed by atoms with Crippen LogP contribution >= 0.6 is 0 Å². The smallest absolute Gasteiger partial charge is 0.222 e. The molecule has 1 aliphatic heterocycles. The van der Waals surface area contributed by atoms with Gasteiger partial charge in [-0.3, -0.25) is 14.8 Å². The first kappa shape index (κ1) is 18.4. The lowest BCUT2D eigenvalue weighted by molar-refractivity contribution is -0.137. The Balaban J connectivity index is 1.69. The van der Waals surface area contributed by atoms with Gasteiger partial charge in [-0.15, -0.1) is 0 Å². The third kappa shape index (κ3) is 3.55. The van der Waals surface area contributed by atoms with E-state index in [1.54, 1.807) is 18.6 Å². The molecular weight excluding hydrogens is 346 g/mol. The number of likely N-dealkylation sites (tertiary alicyclic amines) is 1. The highest BCUT2D eigenvalue weighted by Crippen LogP contribution is 2.41. The van der Waals surface area contributed by atoms with Gasteiger partial charge >= 0.3 is 0 Å². The molecule has 0 aliphatic carbocycles. The Morgan fingerprint density at radius 3 is 2.21 bits per heavy atom. The number of rotatable bonds is 5. The van der Waals surface area contributed by atoms with Crippen molar-refractivity contribution in [2.75, 3.05) is 6.54 Å². The first-order valence-electron chi connectivity index (χ1n) is 9.84. The summed E-state index contributed by atoms with van der Waals surface area (Å²) in [7, 11) is 0. The minimum atomic E-state index is -0.187. The molecule has 0 saturated carbocycles. The lowest BCUT2D eigenvalue weighted by atomic mass is 9.69. The Morgan fingerprint density at radius 1 is 1.00 bits per heavy atom. The average Bonchev–Trinajstić information content (AvgIpc) is 2.76. The Labute approximate surface area is 166 Å². The van der Waals surface area contributed by atoms with Crippen molar-refractivity contribution in [3.8, 4) is 0 Å². The van der Waals surface area contributed by atoms with Crippen molar-refractivity contribution in [2.45, 2.75) is 37.6 Å². The van der Waals surface area contributed by atoms with Crippen molar-refractivity contribution in [1.82, 2.24) is 14.9 Å². The maximum absolute atomic E-state index is 12.9. The van der Waals surface area contributed by atoms with Crippen molar-refractivity contribution in [3.63, 3.8) is 0 Å². The largest absolute Gasteiger partial charge is 0.338 e. The fourth-order valence-corrected chi connectivity index (χ4v) is 4.32. The molecule has 28 heavy (non-hydrogen) atoms. The van der Waals surface area contributed by atoms with Gasteiger partial charge in [0.15, 0.2) is 0 Å². The van der Waals surface area contributed by atoms with Crippen LogP contribution in [-0.4, -0.2) is 33.4 Å². The van der Waals surface area contributed by atoms with Crippen LogP contribution in [0.3, 0.4) is 0 Å². The molecule has 0 bridgehead atoms. The Hall–Kier alpha value is -3.01. The van der Waals surface area contributed by atoms with E-state index in [4.69, 9.17) is 0 Å². The molecule has 2 heterocycles. The molecule has 4 heteroatoms. The quantitative estimate of drug-likeness (QED) is 0.681. The van der Waals surface area contributed by atoms with Gasteiger partial charge in [-0.2, -0.15) is 0 Å². The van der Waals surface area contributed by atoms with E-state index >= 15 is 0 Å². The number of aromatic nitrogens is 2. The molecule has 142 valence electrons. The second-order valence-corrected chi connectivity index (χ2v) is 7.59. The predicted octanol–water partition coefficient (Wildman–Crippen LogP) is 4.02. The molecule has 1 unspecified atom stereocenters. The average molecular weight is 371 g/mol.